The van der Waals surface area contributed by atoms with E-state index in [1.165, 1.54) is 195 Å². The molecule has 0 spiro atoms. The zero-order valence-corrected chi connectivity index (χ0v) is 36.9. The van der Waals surface area contributed by atoms with Gasteiger partial charge in [-0.1, -0.05) is 162 Å². The summed E-state index contributed by atoms with van der Waals surface area (Å²) in [6.45, 7) is 0. The SMILES string of the molecule is C1=C(c2cc(C3CCCCC3)cc(C3CCCCC3)c2)C2c3ccccc3N3c4ccc(-c5cc(C6CCCCC6)cc(C6CCCCC6)c5)c5c6ccccc6n(c45)C(=C1)C23. The minimum Gasteiger partial charge on any atom is -0.329 e. The lowest BCUT2D eigenvalue weighted by atomic mass is 9.75. The number of hydrogen-bond acceptors (Lipinski definition) is 1. The fourth-order valence-electron chi connectivity index (χ4n) is 14.4. The van der Waals surface area contributed by atoms with Crippen LogP contribution in [-0.4, -0.2) is 10.6 Å². The summed E-state index contributed by atoms with van der Waals surface area (Å²) in [6.07, 6.45) is 32.5. The molecule has 0 saturated heterocycles. The third-order valence-corrected chi connectivity index (χ3v) is 17.4. The van der Waals surface area contributed by atoms with E-state index in [-0.39, 0.29) is 12.0 Å². The second-order valence-corrected chi connectivity index (χ2v) is 20.9. The van der Waals surface area contributed by atoms with Gasteiger partial charge >= 0.3 is 0 Å². The molecule has 0 bridgehead atoms. The molecule has 4 saturated carbocycles. The number of para-hydroxylation sites is 2. The van der Waals surface area contributed by atoms with Crippen molar-refractivity contribution < 1.29 is 0 Å². The molecule has 314 valence electrons. The fraction of sp³-hybridized carbons (Fsp3) is 0.433. The van der Waals surface area contributed by atoms with Gasteiger partial charge in [0.25, 0.3) is 0 Å². The van der Waals surface area contributed by atoms with E-state index in [2.05, 4.69) is 119 Å². The second kappa shape index (κ2) is 15.5. The Morgan fingerprint density at radius 2 is 0.952 bits per heavy atom. The van der Waals surface area contributed by atoms with Gasteiger partial charge in [-0.3, -0.25) is 0 Å². The van der Waals surface area contributed by atoms with Gasteiger partial charge in [0.05, 0.1) is 22.8 Å². The van der Waals surface area contributed by atoms with Crippen molar-refractivity contribution in [2.45, 2.75) is 164 Å². The van der Waals surface area contributed by atoms with Gasteiger partial charge < -0.3 is 9.47 Å². The summed E-state index contributed by atoms with van der Waals surface area (Å²) >= 11 is 0. The molecule has 2 nitrogen and oxygen atoms in total. The summed E-state index contributed by atoms with van der Waals surface area (Å²) in [7, 11) is 0. The lowest BCUT2D eigenvalue weighted by Gasteiger charge is -2.40. The molecule has 0 N–H and O–H groups in total. The predicted molar refractivity (Wildman–Crippen MR) is 262 cm³/mol. The highest BCUT2D eigenvalue weighted by atomic mass is 15.3. The Hall–Kier alpha value is -4.82. The molecule has 2 heteroatoms. The Morgan fingerprint density at radius 1 is 0.435 bits per heavy atom. The maximum Gasteiger partial charge on any atom is 0.0857 e. The van der Waals surface area contributed by atoms with E-state index in [4.69, 9.17) is 0 Å². The number of nitrogens with zero attached hydrogens (tertiary/aromatic N) is 2. The van der Waals surface area contributed by atoms with Crippen molar-refractivity contribution in [2.75, 3.05) is 4.90 Å². The summed E-state index contributed by atoms with van der Waals surface area (Å²) in [5, 5.41) is 2.82. The number of rotatable bonds is 6. The van der Waals surface area contributed by atoms with Gasteiger partial charge in [-0.15, -0.1) is 0 Å². The number of fused-ring (bicyclic) bond motifs is 8. The third-order valence-electron chi connectivity index (χ3n) is 17.4. The van der Waals surface area contributed by atoms with Crippen LogP contribution >= 0.6 is 0 Å². The van der Waals surface area contributed by atoms with Crippen LogP contribution in [0.3, 0.4) is 0 Å². The van der Waals surface area contributed by atoms with Gasteiger partial charge in [-0.2, -0.15) is 0 Å². The molecule has 1 aromatic heterocycles. The zero-order valence-electron chi connectivity index (χ0n) is 36.9. The van der Waals surface area contributed by atoms with E-state index in [1.54, 1.807) is 22.3 Å². The standard InChI is InChI=1S/C60H64N2/c1-5-17-39(18-6-1)43-33-44(40-19-7-2-8-20-40)36-47(35-43)49-29-31-55-59-57(49)51-25-13-15-27-53(51)61(59)56-32-30-50(58-52-26-14-16-28-54(52)62(55)60(56)58)48-37-45(41-21-9-3-10-22-41)34-46(38-48)42-23-11-4-12-24-42/h13-16,25-42,57,59H,1-12,17-24H2. The van der Waals surface area contributed by atoms with Gasteiger partial charge in [-0.25, -0.2) is 0 Å². The summed E-state index contributed by atoms with van der Waals surface area (Å²) in [5.74, 6) is 3.05. The predicted octanol–water partition coefficient (Wildman–Crippen LogP) is 17.2. The molecule has 2 aliphatic heterocycles. The normalized spacial score (nSPS) is 23.4. The highest BCUT2D eigenvalue weighted by Gasteiger charge is 2.49. The Bertz CT molecular complexity index is 2680. The summed E-state index contributed by atoms with van der Waals surface area (Å²) in [5.41, 5.74) is 20.8. The van der Waals surface area contributed by atoms with Crippen molar-refractivity contribution >= 4 is 44.5 Å². The highest BCUT2D eigenvalue weighted by molar-refractivity contribution is 6.22. The molecule has 6 aromatic rings. The first-order valence-corrected chi connectivity index (χ1v) is 25.4. The lowest BCUT2D eigenvalue weighted by Crippen LogP contribution is -2.38. The Labute approximate surface area is 370 Å². The molecule has 7 aliphatic rings. The molecular formula is C60H64N2. The molecule has 3 heterocycles. The largest absolute Gasteiger partial charge is 0.329 e. The van der Waals surface area contributed by atoms with Crippen molar-refractivity contribution in [3.8, 4) is 11.1 Å². The van der Waals surface area contributed by atoms with Crippen molar-refractivity contribution in [2.24, 2.45) is 0 Å². The first-order chi connectivity index (χ1) is 30.8. The summed E-state index contributed by atoms with van der Waals surface area (Å²) < 4.78 is 2.72. The Balaban J connectivity index is 1.02. The topological polar surface area (TPSA) is 8.17 Å². The van der Waals surface area contributed by atoms with Crippen LogP contribution in [0.5, 0.6) is 0 Å². The van der Waals surface area contributed by atoms with Gasteiger partial charge in [0, 0.05) is 28.1 Å². The molecule has 62 heavy (non-hydrogen) atoms. The Kier molecular flexibility index (Phi) is 9.40. The van der Waals surface area contributed by atoms with Gasteiger partial charge in [0.2, 0.25) is 0 Å². The monoisotopic (exact) mass is 813 g/mol. The molecule has 13 rings (SSSR count). The number of benzene rings is 5. The highest BCUT2D eigenvalue weighted by Crippen LogP contribution is 2.61. The molecular weight excluding hydrogens is 749 g/mol. The summed E-state index contributed by atoms with van der Waals surface area (Å²) in [6, 6.07) is 40.1. The molecule has 2 atom stereocenters. The van der Waals surface area contributed by atoms with Crippen LogP contribution in [0.1, 0.15) is 191 Å². The average molecular weight is 813 g/mol. The number of anilines is 2. The lowest BCUT2D eigenvalue weighted by molar-refractivity contribution is 0.435. The van der Waals surface area contributed by atoms with Crippen LogP contribution in [0.15, 0.2) is 109 Å². The van der Waals surface area contributed by atoms with Gasteiger partial charge in [0.15, 0.2) is 0 Å². The fourth-order valence-corrected chi connectivity index (χ4v) is 14.4. The molecule has 5 aromatic carbocycles. The van der Waals surface area contributed by atoms with E-state index in [1.807, 2.05) is 0 Å². The summed E-state index contributed by atoms with van der Waals surface area (Å²) in [4.78, 5) is 2.78. The van der Waals surface area contributed by atoms with Gasteiger partial charge in [-0.05, 0) is 149 Å². The van der Waals surface area contributed by atoms with Crippen LogP contribution in [0.25, 0.3) is 44.2 Å². The maximum atomic E-state index is 2.78. The third kappa shape index (κ3) is 6.08. The zero-order chi connectivity index (χ0) is 40.7. The Morgan fingerprint density at radius 3 is 1.53 bits per heavy atom. The maximum absolute atomic E-state index is 2.78. The minimum atomic E-state index is 0.203. The van der Waals surface area contributed by atoms with Crippen molar-refractivity contribution in [1.82, 2.24) is 4.57 Å². The van der Waals surface area contributed by atoms with Crippen molar-refractivity contribution in [3.05, 3.63) is 143 Å². The van der Waals surface area contributed by atoms with Crippen LogP contribution in [-0.2, 0) is 0 Å². The minimum absolute atomic E-state index is 0.203. The molecule has 0 amide bonds. The molecule has 0 radical (unpaired) electrons. The van der Waals surface area contributed by atoms with Gasteiger partial charge in [0.1, 0.15) is 0 Å². The van der Waals surface area contributed by atoms with Crippen molar-refractivity contribution in [1.29, 1.82) is 0 Å². The molecule has 4 fully saturated rings. The van der Waals surface area contributed by atoms with E-state index in [9.17, 15) is 0 Å². The first kappa shape index (κ1) is 37.7. The quantitative estimate of drug-likeness (QED) is 0.163. The number of allylic oxidation sites excluding steroid dienone is 2. The van der Waals surface area contributed by atoms with E-state index >= 15 is 0 Å². The van der Waals surface area contributed by atoms with E-state index < -0.39 is 0 Å². The van der Waals surface area contributed by atoms with Crippen LogP contribution in [0.4, 0.5) is 11.4 Å². The van der Waals surface area contributed by atoms with E-state index in [0.29, 0.717) is 23.7 Å². The molecule has 2 unspecified atom stereocenters. The molecule has 5 aliphatic carbocycles. The smallest absolute Gasteiger partial charge is 0.0857 e. The van der Waals surface area contributed by atoms with Crippen LogP contribution in [0.2, 0.25) is 0 Å². The van der Waals surface area contributed by atoms with E-state index in [0.717, 1.165) is 0 Å². The van der Waals surface area contributed by atoms with Crippen LogP contribution in [0, 0.1) is 0 Å². The van der Waals surface area contributed by atoms with Crippen molar-refractivity contribution in [3.63, 3.8) is 0 Å². The van der Waals surface area contributed by atoms with Crippen LogP contribution < -0.4 is 4.90 Å². The second-order valence-electron chi connectivity index (χ2n) is 20.9. The average Bonchev–Trinajstić information content (AvgIpc) is 3.89. The first-order valence-electron chi connectivity index (χ1n) is 25.4. The number of hydrogen-bond donors (Lipinski definition) is 0. The number of aromatic nitrogens is 1.